The van der Waals surface area contributed by atoms with E-state index in [1.807, 2.05) is 0 Å². The predicted molar refractivity (Wildman–Crippen MR) is 54.6 cm³/mol. The number of hydrogen-bond acceptors (Lipinski definition) is 3. The Kier molecular flexibility index (Phi) is 7.37. The van der Waals surface area contributed by atoms with Crippen LogP contribution in [-0.2, 0) is 4.12 Å². The maximum absolute atomic E-state index is 9.06. The van der Waals surface area contributed by atoms with Crippen LogP contribution in [0.1, 0.15) is 11.7 Å². The summed E-state index contributed by atoms with van der Waals surface area (Å²) in [6.45, 7) is 0. The van der Waals surface area contributed by atoms with Gasteiger partial charge in [0, 0.05) is 10.6 Å². The highest BCUT2D eigenvalue weighted by Gasteiger charge is 2.07. The molecule has 1 atom stereocenters. The highest BCUT2D eigenvalue weighted by Crippen LogP contribution is 2.21. The molecule has 0 aliphatic carbocycles. The molecule has 0 aromatic heterocycles. The van der Waals surface area contributed by atoms with Crippen molar-refractivity contribution in [2.45, 2.75) is 6.10 Å². The van der Waals surface area contributed by atoms with Crippen LogP contribution in [0, 0.1) is 11.3 Å². The summed E-state index contributed by atoms with van der Waals surface area (Å²) in [5.41, 5.74) is 0.455. The minimum atomic E-state index is -1.12. The first-order chi connectivity index (χ1) is 6.67. The van der Waals surface area contributed by atoms with E-state index in [4.69, 9.17) is 22.0 Å². The molecule has 0 amide bonds. The average molecular weight is 240 g/mol. The van der Waals surface area contributed by atoms with Crippen LogP contribution in [0.15, 0.2) is 24.3 Å². The first-order valence-corrected chi connectivity index (χ1v) is 4.68. The molecule has 14 heavy (non-hydrogen) atoms. The Morgan fingerprint density at radius 2 is 1.93 bits per heavy atom. The number of nitriles is 1. The molecule has 0 heterocycles. The van der Waals surface area contributed by atoms with Crippen molar-refractivity contribution in [1.29, 1.82) is 5.26 Å². The minimum absolute atomic E-state index is 0.418. The summed E-state index contributed by atoms with van der Waals surface area (Å²) in [6.07, 6.45) is -1.12. The lowest BCUT2D eigenvalue weighted by atomic mass is 10.1. The molecule has 0 saturated heterocycles. The van der Waals surface area contributed by atoms with E-state index >= 15 is 0 Å². The molecular weight excluding hydrogens is 234 g/mol. The molecule has 0 saturated carbocycles. The Balaban J connectivity index is 0.000000500. The molecule has 1 N–H and O–H groups in total. The lowest BCUT2D eigenvalue weighted by Crippen LogP contribution is -1.93. The Morgan fingerprint density at radius 1 is 1.43 bits per heavy atom. The second-order valence-corrected chi connectivity index (χ2v) is 3.38. The monoisotopic (exact) mass is 239 g/mol. The van der Waals surface area contributed by atoms with Gasteiger partial charge in [-0.25, -0.2) is 0 Å². The van der Waals surface area contributed by atoms with Crippen molar-refractivity contribution in [2.24, 2.45) is 0 Å². The summed E-state index contributed by atoms with van der Waals surface area (Å²) in [5.74, 6) is 0. The maximum atomic E-state index is 9.06. The van der Waals surface area contributed by atoms with Crippen molar-refractivity contribution in [2.75, 3.05) is 0 Å². The highest BCUT2D eigenvalue weighted by molar-refractivity contribution is 6.31. The zero-order valence-electron chi connectivity index (χ0n) is 7.07. The van der Waals surface area contributed by atoms with Gasteiger partial charge < -0.3 is 9.22 Å². The van der Waals surface area contributed by atoms with Gasteiger partial charge in [-0.3, -0.25) is 0 Å². The van der Waals surface area contributed by atoms with Crippen LogP contribution in [0.25, 0.3) is 0 Å². The fraction of sp³-hybridized carbons (Fsp3) is 0.125. The summed E-state index contributed by atoms with van der Waals surface area (Å²) >= 11 is 5.69. The van der Waals surface area contributed by atoms with E-state index in [-0.39, 0.29) is 0 Å². The van der Waals surface area contributed by atoms with Gasteiger partial charge in [-0.15, -0.1) is 0 Å². The maximum Gasteiger partial charge on any atom is 0.229 e. The third-order valence-corrected chi connectivity index (χ3v) is 1.67. The van der Waals surface area contributed by atoms with Crippen LogP contribution >= 0.6 is 11.6 Å². The summed E-state index contributed by atoms with van der Waals surface area (Å²) in [7, 11) is 5.19. The highest BCUT2D eigenvalue weighted by atomic mass is 35.5. The molecular formula is C8H6ClNO2Si2. The van der Waals surface area contributed by atoms with Crippen molar-refractivity contribution in [1.82, 2.24) is 0 Å². The van der Waals surface area contributed by atoms with E-state index in [0.29, 0.717) is 10.6 Å². The van der Waals surface area contributed by atoms with Crippen molar-refractivity contribution in [3.8, 4) is 6.07 Å². The molecule has 6 radical (unpaired) electrons. The predicted octanol–water partition coefficient (Wildman–Crippen LogP) is 1.07. The van der Waals surface area contributed by atoms with E-state index < -0.39 is 6.10 Å². The number of hydrogen-bond donors (Lipinski definition) is 1. The Morgan fingerprint density at radius 3 is 2.36 bits per heavy atom. The first kappa shape index (κ1) is 13.4. The first-order valence-electron chi connectivity index (χ1n) is 3.48. The van der Waals surface area contributed by atoms with Gasteiger partial charge in [0.25, 0.3) is 0 Å². The number of halogens is 1. The smallest absolute Gasteiger partial charge is 0.229 e. The number of aliphatic hydroxyl groups excluding tert-OH is 1. The summed E-state index contributed by atoms with van der Waals surface area (Å²) < 4.78 is 3.86. The van der Waals surface area contributed by atoms with Gasteiger partial charge in [-0.05, 0) is 6.07 Å². The fourth-order valence-electron chi connectivity index (χ4n) is 0.766. The van der Waals surface area contributed by atoms with Gasteiger partial charge in [-0.1, -0.05) is 29.8 Å². The van der Waals surface area contributed by atoms with Gasteiger partial charge in [-0.2, -0.15) is 5.26 Å². The molecule has 0 unspecified atom stereocenters. The Bertz CT molecular complexity index is 316. The standard InChI is InChI=1S/C8H6ClNO.OSi2/c9-7-4-2-1-3-6(7)8(11)5-10;2-1-3/h1-4,8,11H;/t8-;/m0./s1. The second-order valence-electron chi connectivity index (χ2n) is 2.16. The van der Waals surface area contributed by atoms with E-state index in [1.165, 1.54) is 0 Å². The minimum Gasteiger partial charge on any atom is -0.458 e. The Hall–Kier alpha value is -0.646. The van der Waals surface area contributed by atoms with Crippen LogP contribution < -0.4 is 0 Å². The third-order valence-electron chi connectivity index (χ3n) is 1.32. The number of aliphatic hydroxyl groups is 1. The van der Waals surface area contributed by atoms with Gasteiger partial charge >= 0.3 is 0 Å². The second kappa shape index (κ2) is 7.73. The van der Waals surface area contributed by atoms with E-state index in [1.54, 1.807) is 30.3 Å². The lowest BCUT2D eigenvalue weighted by Gasteiger charge is -2.02. The van der Waals surface area contributed by atoms with E-state index in [9.17, 15) is 0 Å². The van der Waals surface area contributed by atoms with Gasteiger partial charge in [0.2, 0.25) is 21.0 Å². The zero-order chi connectivity index (χ0) is 11.0. The van der Waals surface area contributed by atoms with Crippen molar-refractivity contribution in [3.63, 3.8) is 0 Å². The van der Waals surface area contributed by atoms with E-state index in [2.05, 4.69) is 25.1 Å². The third kappa shape index (κ3) is 4.55. The topological polar surface area (TPSA) is 53.2 Å². The average Bonchev–Trinajstić information content (AvgIpc) is 2.19. The SMILES string of the molecule is N#C[C@H](O)c1ccccc1Cl.[Si]O[Si]. The van der Waals surface area contributed by atoms with Crippen LogP contribution in [0.4, 0.5) is 0 Å². The quantitative estimate of drug-likeness (QED) is 0.589. The van der Waals surface area contributed by atoms with Crippen molar-refractivity contribution in [3.05, 3.63) is 34.9 Å². The fourth-order valence-corrected chi connectivity index (χ4v) is 1.01. The van der Waals surface area contributed by atoms with Gasteiger partial charge in [0.1, 0.15) is 0 Å². The molecule has 1 aromatic carbocycles. The van der Waals surface area contributed by atoms with Gasteiger partial charge in [0.15, 0.2) is 6.10 Å². The lowest BCUT2D eigenvalue weighted by molar-refractivity contribution is 0.236. The number of nitrogens with zero attached hydrogens (tertiary/aromatic N) is 1. The molecule has 1 rings (SSSR count). The molecule has 0 bridgehead atoms. The summed E-state index contributed by atoms with van der Waals surface area (Å²) in [5, 5.41) is 17.8. The summed E-state index contributed by atoms with van der Waals surface area (Å²) in [6, 6.07) is 8.42. The van der Waals surface area contributed by atoms with E-state index in [0.717, 1.165) is 0 Å². The van der Waals surface area contributed by atoms with Crippen molar-refractivity contribution >= 4 is 32.6 Å². The zero-order valence-corrected chi connectivity index (χ0v) is 9.82. The number of rotatable bonds is 1. The van der Waals surface area contributed by atoms with Crippen molar-refractivity contribution < 1.29 is 9.22 Å². The molecule has 3 nitrogen and oxygen atoms in total. The van der Waals surface area contributed by atoms with Crippen LogP contribution in [-0.4, -0.2) is 26.1 Å². The largest absolute Gasteiger partial charge is 0.458 e. The molecule has 0 spiro atoms. The molecule has 70 valence electrons. The molecule has 0 aliphatic rings. The molecule has 6 heteroatoms. The van der Waals surface area contributed by atoms with Crippen LogP contribution in [0.5, 0.6) is 0 Å². The van der Waals surface area contributed by atoms with Gasteiger partial charge in [0.05, 0.1) is 6.07 Å². The molecule has 1 aromatic rings. The van der Waals surface area contributed by atoms with Crippen LogP contribution in [0.3, 0.4) is 0 Å². The molecule has 0 aliphatic heterocycles. The number of benzene rings is 1. The van der Waals surface area contributed by atoms with Crippen LogP contribution in [0.2, 0.25) is 5.02 Å². The molecule has 0 fully saturated rings. The Labute approximate surface area is 94.4 Å². The summed E-state index contributed by atoms with van der Waals surface area (Å²) in [4.78, 5) is 0. The normalized spacial score (nSPS) is 10.8.